The second kappa shape index (κ2) is 10.7. The molecule has 0 saturated heterocycles. The summed E-state index contributed by atoms with van der Waals surface area (Å²) < 4.78 is 11.8. The van der Waals surface area contributed by atoms with E-state index in [1.165, 1.54) is 10.7 Å². The zero-order valence-corrected chi connectivity index (χ0v) is 20.6. The van der Waals surface area contributed by atoms with Crippen molar-refractivity contribution >= 4 is 17.8 Å². The SMILES string of the molecule is CCOC(=O)c1cc2n(n1)CC(C)(C(=O)NCCC(C)CC)N(Cc1cccc(OC)c1)C2=O. The molecule has 0 fully saturated rings. The van der Waals surface area contributed by atoms with Crippen LogP contribution in [0.5, 0.6) is 5.75 Å². The number of aromatic nitrogens is 2. The first-order chi connectivity index (χ1) is 16.2. The molecule has 1 N–H and O–H groups in total. The molecule has 0 bridgehead atoms. The predicted octanol–water partition coefficient (Wildman–Crippen LogP) is 3.04. The Labute approximate surface area is 200 Å². The molecule has 9 nitrogen and oxygen atoms in total. The lowest BCUT2D eigenvalue weighted by Crippen LogP contribution is -2.63. The molecular formula is C25H34N4O5. The van der Waals surface area contributed by atoms with Gasteiger partial charge in [-0.05, 0) is 43.9 Å². The molecular weight excluding hydrogens is 436 g/mol. The summed E-state index contributed by atoms with van der Waals surface area (Å²) in [6, 6.07) is 8.81. The molecule has 3 rings (SSSR count). The fourth-order valence-corrected chi connectivity index (χ4v) is 3.97. The van der Waals surface area contributed by atoms with Crippen molar-refractivity contribution in [3.8, 4) is 5.75 Å². The first kappa shape index (κ1) is 25.3. The van der Waals surface area contributed by atoms with Crippen LogP contribution in [0.3, 0.4) is 0 Å². The van der Waals surface area contributed by atoms with E-state index in [1.807, 2.05) is 24.3 Å². The monoisotopic (exact) mass is 470 g/mol. The minimum Gasteiger partial charge on any atom is -0.497 e. The molecule has 1 aliphatic heterocycles. The Bertz CT molecular complexity index is 1050. The highest BCUT2D eigenvalue weighted by molar-refractivity contribution is 6.01. The minimum atomic E-state index is -1.21. The highest BCUT2D eigenvalue weighted by atomic mass is 16.5. The van der Waals surface area contributed by atoms with Gasteiger partial charge in [0.25, 0.3) is 5.91 Å². The van der Waals surface area contributed by atoms with Gasteiger partial charge in [-0.2, -0.15) is 5.10 Å². The van der Waals surface area contributed by atoms with E-state index in [0.717, 1.165) is 18.4 Å². The van der Waals surface area contributed by atoms with Gasteiger partial charge in [0.05, 0.1) is 20.3 Å². The summed E-state index contributed by atoms with van der Waals surface area (Å²) in [5.41, 5.74) is -0.0886. The Morgan fingerprint density at radius 3 is 2.71 bits per heavy atom. The molecule has 1 aliphatic rings. The highest BCUT2D eigenvalue weighted by Gasteiger charge is 2.48. The number of nitrogens with zero attached hydrogens (tertiary/aromatic N) is 3. The van der Waals surface area contributed by atoms with Gasteiger partial charge < -0.3 is 19.7 Å². The van der Waals surface area contributed by atoms with Gasteiger partial charge in [0.2, 0.25) is 5.91 Å². The van der Waals surface area contributed by atoms with E-state index < -0.39 is 11.5 Å². The number of carbonyl (C=O) groups excluding carboxylic acids is 3. The maximum Gasteiger partial charge on any atom is 0.358 e. The van der Waals surface area contributed by atoms with E-state index in [1.54, 1.807) is 25.9 Å². The van der Waals surface area contributed by atoms with Gasteiger partial charge in [-0.15, -0.1) is 0 Å². The molecule has 0 spiro atoms. The Hall–Kier alpha value is -3.36. The maximum absolute atomic E-state index is 13.6. The van der Waals surface area contributed by atoms with Gasteiger partial charge in [0.15, 0.2) is 5.69 Å². The molecule has 0 saturated carbocycles. The molecule has 34 heavy (non-hydrogen) atoms. The second-order valence-electron chi connectivity index (χ2n) is 8.87. The quantitative estimate of drug-likeness (QED) is 0.536. The van der Waals surface area contributed by atoms with Crippen molar-refractivity contribution in [2.75, 3.05) is 20.3 Å². The topological polar surface area (TPSA) is 103 Å². The summed E-state index contributed by atoms with van der Waals surface area (Å²) in [6.45, 7) is 8.73. The van der Waals surface area contributed by atoms with Crippen LogP contribution in [0.1, 0.15) is 67.1 Å². The molecule has 2 aromatic rings. The van der Waals surface area contributed by atoms with Crippen LogP contribution in [0.25, 0.3) is 0 Å². The van der Waals surface area contributed by atoms with E-state index >= 15 is 0 Å². The molecule has 2 unspecified atom stereocenters. The van der Waals surface area contributed by atoms with Crippen molar-refractivity contribution < 1.29 is 23.9 Å². The summed E-state index contributed by atoms with van der Waals surface area (Å²) in [7, 11) is 1.58. The predicted molar refractivity (Wildman–Crippen MR) is 127 cm³/mol. The third-order valence-electron chi connectivity index (χ3n) is 6.37. The Morgan fingerprint density at radius 1 is 1.26 bits per heavy atom. The molecule has 1 aromatic carbocycles. The van der Waals surface area contributed by atoms with Crippen LogP contribution in [0, 0.1) is 5.92 Å². The van der Waals surface area contributed by atoms with Crippen LogP contribution in [-0.4, -0.2) is 58.3 Å². The number of fused-ring (bicyclic) bond motifs is 1. The van der Waals surface area contributed by atoms with Gasteiger partial charge in [-0.1, -0.05) is 32.4 Å². The van der Waals surface area contributed by atoms with Crippen molar-refractivity contribution in [2.24, 2.45) is 5.92 Å². The molecule has 1 aromatic heterocycles. The second-order valence-corrected chi connectivity index (χ2v) is 8.87. The van der Waals surface area contributed by atoms with Crippen molar-refractivity contribution in [2.45, 2.75) is 59.2 Å². The third-order valence-corrected chi connectivity index (χ3v) is 6.37. The number of esters is 1. The van der Waals surface area contributed by atoms with Crippen molar-refractivity contribution in [3.63, 3.8) is 0 Å². The van der Waals surface area contributed by atoms with Gasteiger partial charge in [0, 0.05) is 19.2 Å². The molecule has 2 atom stereocenters. The van der Waals surface area contributed by atoms with Crippen LogP contribution in [0.2, 0.25) is 0 Å². The first-order valence-corrected chi connectivity index (χ1v) is 11.7. The number of carbonyl (C=O) groups is 3. The molecule has 2 heterocycles. The number of nitrogens with one attached hydrogen (secondary N) is 1. The zero-order valence-electron chi connectivity index (χ0n) is 20.6. The minimum absolute atomic E-state index is 0.0490. The normalized spacial score (nSPS) is 18.3. The Kier molecular flexibility index (Phi) is 7.96. The summed E-state index contributed by atoms with van der Waals surface area (Å²) in [6.07, 6.45) is 1.88. The maximum atomic E-state index is 13.6. The van der Waals surface area contributed by atoms with E-state index in [2.05, 4.69) is 24.3 Å². The van der Waals surface area contributed by atoms with Gasteiger partial charge >= 0.3 is 5.97 Å². The lowest BCUT2D eigenvalue weighted by Gasteiger charge is -2.43. The fraction of sp³-hybridized carbons (Fsp3) is 0.520. The number of hydrogen-bond acceptors (Lipinski definition) is 6. The van der Waals surface area contributed by atoms with Crippen LogP contribution >= 0.6 is 0 Å². The summed E-state index contributed by atoms with van der Waals surface area (Å²) >= 11 is 0. The number of rotatable bonds is 10. The average Bonchev–Trinajstić information content (AvgIpc) is 3.25. The number of benzene rings is 1. The number of ether oxygens (including phenoxy) is 2. The van der Waals surface area contributed by atoms with E-state index in [0.29, 0.717) is 18.2 Å². The molecule has 0 aliphatic carbocycles. The highest BCUT2D eigenvalue weighted by Crippen LogP contribution is 2.30. The lowest BCUT2D eigenvalue weighted by atomic mass is 9.93. The lowest BCUT2D eigenvalue weighted by molar-refractivity contribution is -0.133. The first-order valence-electron chi connectivity index (χ1n) is 11.7. The number of amides is 2. The van der Waals surface area contributed by atoms with Gasteiger partial charge in [0.1, 0.15) is 17.0 Å². The van der Waals surface area contributed by atoms with Gasteiger partial charge in [-0.3, -0.25) is 14.3 Å². The third kappa shape index (κ3) is 5.24. The standard InChI is InChI=1S/C25H34N4O5/c1-6-17(3)11-12-26-24(32)25(4)16-29-21(14-20(27-29)23(31)34-7-2)22(30)28(25)15-18-9-8-10-19(13-18)33-5/h8-10,13-14,17H,6-7,11-12,15-16H2,1-5H3,(H,26,32). The number of methoxy groups -OCH3 is 1. The summed E-state index contributed by atoms with van der Waals surface area (Å²) in [4.78, 5) is 40.8. The molecule has 184 valence electrons. The van der Waals surface area contributed by atoms with Crippen LogP contribution in [0.15, 0.2) is 30.3 Å². The van der Waals surface area contributed by atoms with E-state index in [9.17, 15) is 14.4 Å². The van der Waals surface area contributed by atoms with Gasteiger partial charge in [-0.25, -0.2) is 4.79 Å². The summed E-state index contributed by atoms with van der Waals surface area (Å²) in [5.74, 6) is -0.0889. The van der Waals surface area contributed by atoms with Crippen molar-refractivity contribution in [1.29, 1.82) is 0 Å². The molecule has 9 heteroatoms. The van der Waals surface area contributed by atoms with Crippen molar-refractivity contribution in [3.05, 3.63) is 47.3 Å². The van der Waals surface area contributed by atoms with E-state index in [4.69, 9.17) is 9.47 Å². The fourth-order valence-electron chi connectivity index (χ4n) is 3.97. The zero-order chi connectivity index (χ0) is 24.9. The largest absolute Gasteiger partial charge is 0.497 e. The molecule has 0 radical (unpaired) electrons. The van der Waals surface area contributed by atoms with Crippen LogP contribution in [-0.2, 0) is 22.6 Å². The molecule has 2 amide bonds. The van der Waals surface area contributed by atoms with Crippen LogP contribution < -0.4 is 10.1 Å². The summed E-state index contributed by atoms with van der Waals surface area (Å²) in [5, 5.41) is 7.29. The Morgan fingerprint density at radius 2 is 2.03 bits per heavy atom. The van der Waals surface area contributed by atoms with Crippen molar-refractivity contribution in [1.82, 2.24) is 20.0 Å². The van der Waals surface area contributed by atoms with Crippen LogP contribution in [0.4, 0.5) is 0 Å². The average molecular weight is 471 g/mol. The number of hydrogen-bond donors (Lipinski definition) is 1. The van der Waals surface area contributed by atoms with E-state index in [-0.39, 0.29) is 42.9 Å². The smallest absolute Gasteiger partial charge is 0.358 e. The Balaban J connectivity index is 1.95.